The van der Waals surface area contributed by atoms with Crippen LogP contribution in [0.3, 0.4) is 0 Å². The molecule has 1 aromatic heterocycles. The quantitative estimate of drug-likeness (QED) is 0.768. The van der Waals surface area contributed by atoms with Crippen LogP contribution in [0.15, 0.2) is 11.6 Å². The molecule has 0 atom stereocenters. The minimum atomic E-state index is 0.446. The van der Waals surface area contributed by atoms with Gasteiger partial charge in [0.15, 0.2) is 11.0 Å². The molecular formula is C7H10ClN3S. The maximum atomic E-state index is 5.71. The Morgan fingerprint density at radius 2 is 2.33 bits per heavy atom. The summed E-state index contributed by atoms with van der Waals surface area (Å²) < 4.78 is 7.80. The third-order valence-electron chi connectivity index (χ3n) is 1.23. The molecule has 0 aliphatic rings. The normalized spacial score (nSPS) is 9.58. The fraction of sp³-hybridized carbons (Fsp3) is 0.429. The number of nitrogens with zero attached hydrogens (tertiary/aromatic N) is 2. The van der Waals surface area contributed by atoms with E-state index in [1.54, 1.807) is 0 Å². The number of halogens is 1. The molecule has 0 saturated carbocycles. The van der Waals surface area contributed by atoms with E-state index in [9.17, 15) is 0 Å². The van der Waals surface area contributed by atoms with Crippen LogP contribution >= 0.6 is 23.3 Å². The van der Waals surface area contributed by atoms with Crippen molar-refractivity contribution in [1.29, 1.82) is 0 Å². The third-order valence-corrected chi connectivity index (χ3v) is 2.12. The number of rotatable bonds is 3. The highest BCUT2D eigenvalue weighted by Gasteiger charge is 2.01. The summed E-state index contributed by atoms with van der Waals surface area (Å²) in [5.41, 5.74) is 1.27. The van der Waals surface area contributed by atoms with Crippen molar-refractivity contribution in [3.63, 3.8) is 0 Å². The summed E-state index contributed by atoms with van der Waals surface area (Å²) in [6.07, 6.45) is 2.07. The van der Waals surface area contributed by atoms with Crippen molar-refractivity contribution in [1.82, 2.24) is 8.75 Å². The zero-order valence-corrected chi connectivity index (χ0v) is 8.54. The highest BCUT2D eigenvalue weighted by atomic mass is 35.5. The molecule has 3 nitrogen and oxygen atoms in total. The molecule has 0 aliphatic carbocycles. The molecule has 0 unspecified atom stereocenters. The standard InChI is InChI=1S/C7H10ClN3S/c1-5(2)3-4-9-7-6(8)10-12-11-7/h3H,4H2,1-2H3,(H,9,11). The molecule has 0 saturated heterocycles. The molecular weight excluding hydrogens is 194 g/mol. The van der Waals surface area contributed by atoms with E-state index in [0.29, 0.717) is 11.0 Å². The molecule has 5 heteroatoms. The third kappa shape index (κ3) is 2.79. The van der Waals surface area contributed by atoms with Gasteiger partial charge < -0.3 is 5.32 Å². The van der Waals surface area contributed by atoms with Gasteiger partial charge >= 0.3 is 0 Å². The zero-order valence-electron chi connectivity index (χ0n) is 6.97. The average molecular weight is 204 g/mol. The van der Waals surface area contributed by atoms with Crippen LogP contribution in [-0.2, 0) is 0 Å². The number of hydrogen-bond acceptors (Lipinski definition) is 4. The average Bonchev–Trinajstić information content (AvgIpc) is 2.36. The highest BCUT2D eigenvalue weighted by molar-refractivity contribution is 6.99. The van der Waals surface area contributed by atoms with Crippen LogP contribution in [0.5, 0.6) is 0 Å². The Balaban J connectivity index is 2.44. The maximum absolute atomic E-state index is 5.71. The number of nitrogens with one attached hydrogen (secondary N) is 1. The van der Waals surface area contributed by atoms with Gasteiger partial charge in [0.2, 0.25) is 0 Å². The van der Waals surface area contributed by atoms with Gasteiger partial charge in [-0.1, -0.05) is 23.3 Å². The van der Waals surface area contributed by atoms with Crippen LogP contribution in [-0.4, -0.2) is 15.3 Å². The molecule has 1 aromatic rings. The van der Waals surface area contributed by atoms with E-state index in [1.165, 1.54) is 5.57 Å². The predicted octanol–water partition coefficient (Wildman–Crippen LogP) is 2.57. The molecule has 1 rings (SSSR count). The second-order valence-electron chi connectivity index (χ2n) is 2.57. The van der Waals surface area contributed by atoms with Crippen molar-refractivity contribution in [2.24, 2.45) is 0 Å². The number of allylic oxidation sites excluding steroid dienone is 1. The van der Waals surface area contributed by atoms with Gasteiger partial charge in [-0.05, 0) is 13.8 Å². The molecule has 0 aliphatic heterocycles. The van der Waals surface area contributed by atoms with Gasteiger partial charge in [-0.3, -0.25) is 0 Å². The summed E-state index contributed by atoms with van der Waals surface area (Å²) in [7, 11) is 0. The van der Waals surface area contributed by atoms with Crippen LogP contribution in [0.1, 0.15) is 13.8 Å². The lowest BCUT2D eigenvalue weighted by Gasteiger charge is -1.97. The summed E-state index contributed by atoms with van der Waals surface area (Å²) in [5, 5.41) is 3.50. The Hall–Kier alpha value is -0.610. The van der Waals surface area contributed by atoms with Crippen LogP contribution in [0, 0.1) is 0 Å². The number of aromatic nitrogens is 2. The van der Waals surface area contributed by atoms with Crippen molar-refractivity contribution in [2.75, 3.05) is 11.9 Å². The summed E-state index contributed by atoms with van der Waals surface area (Å²) in [4.78, 5) is 0. The maximum Gasteiger partial charge on any atom is 0.186 e. The van der Waals surface area contributed by atoms with Gasteiger partial charge in [-0.25, -0.2) is 0 Å². The van der Waals surface area contributed by atoms with Crippen molar-refractivity contribution in [3.05, 3.63) is 16.8 Å². The molecule has 0 bridgehead atoms. The lowest BCUT2D eigenvalue weighted by Crippen LogP contribution is -1.99. The minimum absolute atomic E-state index is 0.446. The van der Waals surface area contributed by atoms with Crippen LogP contribution < -0.4 is 5.32 Å². The lowest BCUT2D eigenvalue weighted by molar-refractivity contribution is 1.24. The van der Waals surface area contributed by atoms with E-state index >= 15 is 0 Å². The van der Waals surface area contributed by atoms with Crippen LogP contribution in [0.2, 0.25) is 5.15 Å². The SMILES string of the molecule is CC(C)=CCNc1nsnc1Cl. The van der Waals surface area contributed by atoms with Gasteiger partial charge in [0.1, 0.15) is 0 Å². The summed E-state index contributed by atoms with van der Waals surface area (Å²) in [6.45, 7) is 4.83. The fourth-order valence-corrected chi connectivity index (χ4v) is 1.32. The summed E-state index contributed by atoms with van der Waals surface area (Å²) in [5.74, 6) is 0.666. The Labute approximate surface area is 80.8 Å². The topological polar surface area (TPSA) is 37.8 Å². The highest BCUT2D eigenvalue weighted by Crippen LogP contribution is 2.17. The summed E-state index contributed by atoms with van der Waals surface area (Å²) >= 11 is 6.82. The molecule has 12 heavy (non-hydrogen) atoms. The van der Waals surface area contributed by atoms with E-state index in [1.807, 2.05) is 13.8 Å². The molecule has 1 heterocycles. The Kier molecular flexibility index (Phi) is 3.49. The predicted molar refractivity (Wildman–Crippen MR) is 52.8 cm³/mol. The zero-order chi connectivity index (χ0) is 8.97. The molecule has 0 spiro atoms. The Bertz CT molecular complexity index is 278. The van der Waals surface area contributed by atoms with Gasteiger partial charge in [-0.2, -0.15) is 8.75 Å². The smallest absolute Gasteiger partial charge is 0.186 e. The second-order valence-corrected chi connectivity index (χ2v) is 3.45. The van der Waals surface area contributed by atoms with E-state index < -0.39 is 0 Å². The van der Waals surface area contributed by atoms with Crippen molar-refractivity contribution in [2.45, 2.75) is 13.8 Å². The molecule has 1 N–H and O–H groups in total. The molecule has 66 valence electrons. The van der Waals surface area contributed by atoms with E-state index in [2.05, 4.69) is 20.1 Å². The Morgan fingerprint density at radius 3 is 2.83 bits per heavy atom. The van der Waals surface area contributed by atoms with E-state index in [4.69, 9.17) is 11.6 Å². The van der Waals surface area contributed by atoms with E-state index in [-0.39, 0.29) is 0 Å². The first-order valence-corrected chi connectivity index (χ1v) is 4.66. The Morgan fingerprint density at radius 1 is 1.58 bits per heavy atom. The van der Waals surface area contributed by atoms with Gasteiger partial charge in [0.25, 0.3) is 0 Å². The molecule has 0 amide bonds. The molecule has 0 radical (unpaired) electrons. The lowest BCUT2D eigenvalue weighted by atomic mass is 10.3. The largest absolute Gasteiger partial charge is 0.363 e. The van der Waals surface area contributed by atoms with Crippen molar-refractivity contribution >= 4 is 29.1 Å². The first-order chi connectivity index (χ1) is 5.70. The fourth-order valence-electron chi connectivity index (χ4n) is 0.635. The molecule has 0 fully saturated rings. The van der Waals surface area contributed by atoms with Crippen molar-refractivity contribution < 1.29 is 0 Å². The van der Waals surface area contributed by atoms with Crippen LogP contribution in [0.25, 0.3) is 0 Å². The van der Waals surface area contributed by atoms with Crippen molar-refractivity contribution in [3.8, 4) is 0 Å². The number of anilines is 1. The first-order valence-electron chi connectivity index (χ1n) is 3.55. The van der Waals surface area contributed by atoms with Crippen LogP contribution in [0.4, 0.5) is 5.82 Å². The molecule has 0 aromatic carbocycles. The van der Waals surface area contributed by atoms with E-state index in [0.717, 1.165) is 18.3 Å². The van der Waals surface area contributed by atoms with Gasteiger partial charge in [-0.15, -0.1) is 0 Å². The summed E-state index contributed by atoms with van der Waals surface area (Å²) in [6, 6.07) is 0. The minimum Gasteiger partial charge on any atom is -0.363 e. The first kappa shape index (κ1) is 9.48. The monoisotopic (exact) mass is 203 g/mol. The number of hydrogen-bond donors (Lipinski definition) is 1. The van der Waals surface area contributed by atoms with Gasteiger partial charge in [0.05, 0.1) is 11.7 Å². The second kappa shape index (κ2) is 4.42. The van der Waals surface area contributed by atoms with Gasteiger partial charge in [0, 0.05) is 6.54 Å².